The van der Waals surface area contributed by atoms with E-state index < -0.39 is 0 Å². The minimum Gasteiger partial charge on any atom is -0.198 e. The molecule has 5 heteroatoms. The van der Waals surface area contributed by atoms with Gasteiger partial charge in [0.25, 0.3) is 0 Å². The first-order valence-electron chi connectivity index (χ1n) is 2.81. The number of rotatable bonds is 0. The van der Waals surface area contributed by atoms with Crippen LogP contribution < -0.4 is 5.17 Å². The molecule has 0 bridgehead atoms. The van der Waals surface area contributed by atoms with Gasteiger partial charge in [-0.05, 0) is 17.3 Å². The highest BCUT2D eigenvalue weighted by atomic mass is 16.5. The Labute approximate surface area is 56.6 Å². The van der Waals surface area contributed by atoms with Gasteiger partial charge in [0.2, 0.25) is 0 Å². The third kappa shape index (κ3) is 0.615. The number of pyridine rings is 1. The molecule has 1 aliphatic heterocycles. The smallest absolute Gasteiger partial charge is 0.198 e. The fourth-order valence-corrected chi connectivity index (χ4v) is 0.798. The maximum absolute atomic E-state index is 8.98. The Morgan fingerprint density at radius 1 is 1.50 bits per heavy atom. The minimum absolute atomic E-state index is 0.101. The molecule has 0 saturated carbocycles. The molecule has 0 amide bonds. The Balaban J connectivity index is 2.59. The van der Waals surface area contributed by atoms with Crippen molar-refractivity contribution in [2.75, 3.05) is 0 Å². The van der Waals surface area contributed by atoms with E-state index in [9.17, 15) is 0 Å². The SMILES string of the molecule is O[NH+]1N=Nc2cccnc21. The van der Waals surface area contributed by atoms with Crippen LogP contribution in [0, 0.1) is 0 Å². The molecule has 1 unspecified atom stereocenters. The van der Waals surface area contributed by atoms with Crippen molar-refractivity contribution >= 4 is 11.5 Å². The van der Waals surface area contributed by atoms with E-state index in [1.807, 2.05) is 0 Å². The maximum atomic E-state index is 8.98. The number of fused-ring (bicyclic) bond motifs is 1. The molecule has 0 aliphatic carbocycles. The highest BCUT2D eigenvalue weighted by Crippen LogP contribution is 2.20. The summed E-state index contributed by atoms with van der Waals surface area (Å²) in [6.45, 7) is 0. The Kier molecular flexibility index (Phi) is 0.996. The zero-order chi connectivity index (χ0) is 6.97. The summed E-state index contributed by atoms with van der Waals surface area (Å²) in [6.07, 6.45) is 1.59. The van der Waals surface area contributed by atoms with E-state index in [4.69, 9.17) is 5.21 Å². The molecule has 5 nitrogen and oxygen atoms in total. The topological polar surface area (TPSA) is 62.3 Å². The fraction of sp³-hybridized carbons (Fsp3) is 0. The molecule has 0 aromatic carbocycles. The fourth-order valence-electron chi connectivity index (χ4n) is 0.798. The van der Waals surface area contributed by atoms with Crippen molar-refractivity contribution in [2.45, 2.75) is 0 Å². The van der Waals surface area contributed by atoms with Crippen LogP contribution in [-0.4, -0.2) is 10.2 Å². The second kappa shape index (κ2) is 1.83. The first-order chi connectivity index (χ1) is 4.88. The predicted molar refractivity (Wildman–Crippen MR) is 31.2 cm³/mol. The summed E-state index contributed by atoms with van der Waals surface area (Å²) < 4.78 is 0. The summed E-state index contributed by atoms with van der Waals surface area (Å²) in [7, 11) is 0. The summed E-state index contributed by atoms with van der Waals surface area (Å²) in [5, 5.41) is 16.0. The molecular weight excluding hydrogens is 132 g/mol. The largest absolute Gasteiger partial charge is 0.315 e. The van der Waals surface area contributed by atoms with Crippen molar-refractivity contribution in [1.29, 1.82) is 0 Å². The molecule has 1 aromatic heterocycles. The van der Waals surface area contributed by atoms with E-state index >= 15 is 0 Å². The van der Waals surface area contributed by atoms with Gasteiger partial charge in [0.05, 0.1) is 5.22 Å². The molecule has 1 aliphatic rings. The predicted octanol–water partition coefficient (Wildman–Crippen LogP) is -0.000500. The molecule has 0 saturated heterocycles. The number of hydrogen-bond acceptors (Lipinski definition) is 4. The van der Waals surface area contributed by atoms with Crippen LogP contribution in [0.3, 0.4) is 0 Å². The standard InChI is InChI=1S/C5H4N4O/c10-9-5-4(7-8-9)2-1-3-6-5/h1-3,10H/p+1. The van der Waals surface area contributed by atoms with E-state index in [0.717, 1.165) is 0 Å². The summed E-state index contributed by atoms with van der Waals surface area (Å²) in [5.74, 6) is 0.461. The van der Waals surface area contributed by atoms with E-state index in [0.29, 0.717) is 11.5 Å². The van der Waals surface area contributed by atoms with Crippen molar-refractivity contribution < 1.29 is 10.4 Å². The Morgan fingerprint density at radius 2 is 2.40 bits per heavy atom. The van der Waals surface area contributed by atoms with Crippen molar-refractivity contribution in [3.63, 3.8) is 0 Å². The lowest BCUT2D eigenvalue weighted by molar-refractivity contribution is -1.04. The van der Waals surface area contributed by atoms with Crippen LogP contribution in [0.15, 0.2) is 28.7 Å². The van der Waals surface area contributed by atoms with E-state index in [1.165, 1.54) is 0 Å². The molecule has 1 atom stereocenters. The van der Waals surface area contributed by atoms with Crippen LogP contribution in [0.5, 0.6) is 0 Å². The first-order valence-corrected chi connectivity index (χ1v) is 2.81. The van der Waals surface area contributed by atoms with Crippen molar-refractivity contribution in [2.24, 2.45) is 10.3 Å². The lowest BCUT2D eigenvalue weighted by Crippen LogP contribution is -2.98. The third-order valence-corrected chi connectivity index (χ3v) is 1.25. The van der Waals surface area contributed by atoms with Gasteiger partial charge >= 0.3 is 5.82 Å². The van der Waals surface area contributed by atoms with Crippen molar-refractivity contribution in [3.8, 4) is 0 Å². The van der Waals surface area contributed by atoms with Gasteiger partial charge in [0.15, 0.2) is 5.69 Å². The third-order valence-electron chi connectivity index (χ3n) is 1.25. The van der Waals surface area contributed by atoms with Gasteiger partial charge in [-0.3, -0.25) is 0 Å². The van der Waals surface area contributed by atoms with Gasteiger partial charge in [-0.1, -0.05) is 5.11 Å². The second-order valence-electron chi connectivity index (χ2n) is 1.89. The van der Waals surface area contributed by atoms with Crippen molar-refractivity contribution in [3.05, 3.63) is 18.3 Å². The number of nitrogens with zero attached hydrogens (tertiary/aromatic N) is 3. The quantitative estimate of drug-likeness (QED) is 0.528. The van der Waals surface area contributed by atoms with Crippen LogP contribution in [0.4, 0.5) is 11.5 Å². The maximum Gasteiger partial charge on any atom is 0.315 e. The van der Waals surface area contributed by atoms with Crippen LogP contribution in [-0.2, 0) is 0 Å². The average molecular weight is 137 g/mol. The van der Waals surface area contributed by atoms with Gasteiger partial charge in [0, 0.05) is 6.20 Å². The van der Waals surface area contributed by atoms with Gasteiger partial charge in [-0.15, -0.1) is 0 Å². The van der Waals surface area contributed by atoms with Gasteiger partial charge in [-0.2, -0.15) is 10.2 Å². The highest BCUT2D eigenvalue weighted by molar-refractivity contribution is 5.51. The number of aromatic nitrogens is 1. The molecule has 2 heterocycles. The van der Waals surface area contributed by atoms with E-state index in [1.54, 1.807) is 18.3 Å². The monoisotopic (exact) mass is 137 g/mol. The molecule has 2 N–H and O–H groups in total. The Bertz CT molecular complexity index is 285. The molecular formula is C5H5N4O+. The lowest BCUT2D eigenvalue weighted by atomic mass is 10.4. The summed E-state index contributed by atoms with van der Waals surface area (Å²) in [5.41, 5.74) is 0.625. The minimum atomic E-state index is -0.101. The number of nitrogens with one attached hydrogen (secondary N) is 1. The average Bonchev–Trinajstić information content (AvgIpc) is 2.34. The van der Waals surface area contributed by atoms with E-state index in [-0.39, 0.29) is 5.17 Å². The van der Waals surface area contributed by atoms with Gasteiger partial charge in [-0.25, -0.2) is 0 Å². The lowest BCUT2D eigenvalue weighted by Gasteiger charge is -1.91. The van der Waals surface area contributed by atoms with Gasteiger partial charge < -0.3 is 0 Å². The summed E-state index contributed by atoms with van der Waals surface area (Å²) in [4.78, 5) is 3.87. The highest BCUT2D eigenvalue weighted by Gasteiger charge is 2.22. The molecule has 1 aromatic rings. The molecule has 0 spiro atoms. The van der Waals surface area contributed by atoms with Crippen LogP contribution in [0.25, 0.3) is 0 Å². The normalized spacial score (nSPS) is 21.1. The number of hydrogen-bond donors (Lipinski definition) is 2. The second-order valence-corrected chi connectivity index (χ2v) is 1.89. The Hall–Kier alpha value is -1.33. The number of quaternary nitrogens is 1. The van der Waals surface area contributed by atoms with Crippen LogP contribution in [0.2, 0.25) is 0 Å². The molecule has 50 valence electrons. The zero-order valence-electron chi connectivity index (χ0n) is 5.02. The molecule has 10 heavy (non-hydrogen) atoms. The van der Waals surface area contributed by atoms with Crippen LogP contribution >= 0.6 is 0 Å². The molecule has 2 rings (SSSR count). The van der Waals surface area contributed by atoms with E-state index in [2.05, 4.69) is 15.3 Å². The molecule has 0 fully saturated rings. The summed E-state index contributed by atoms with van der Waals surface area (Å²) >= 11 is 0. The zero-order valence-corrected chi connectivity index (χ0v) is 5.02. The molecule has 0 radical (unpaired) electrons. The van der Waals surface area contributed by atoms with Crippen LogP contribution in [0.1, 0.15) is 0 Å². The van der Waals surface area contributed by atoms with Gasteiger partial charge in [0.1, 0.15) is 0 Å². The Morgan fingerprint density at radius 3 is 3.20 bits per heavy atom. The first kappa shape index (κ1) is 5.45. The summed E-state index contributed by atoms with van der Waals surface area (Å²) in [6, 6.07) is 3.49. The van der Waals surface area contributed by atoms with Crippen molar-refractivity contribution in [1.82, 2.24) is 4.98 Å².